The molecule has 0 aromatic heterocycles. The number of hydrogen-bond donors (Lipinski definition) is 1. The molecule has 3 fully saturated rings. The number of nitrogens with zero attached hydrogens (tertiary/aromatic N) is 3. The number of urea groups is 1. The van der Waals surface area contributed by atoms with E-state index in [1.807, 2.05) is 22.3 Å². The first-order valence-electron chi connectivity index (χ1n) is 12.8. The van der Waals surface area contributed by atoms with Crippen molar-refractivity contribution in [2.24, 2.45) is 0 Å². The summed E-state index contributed by atoms with van der Waals surface area (Å²) in [5.41, 5.74) is -1.39. The Morgan fingerprint density at radius 3 is 2.33 bits per heavy atom. The van der Waals surface area contributed by atoms with Gasteiger partial charge in [-0.05, 0) is 55.8 Å². The van der Waals surface area contributed by atoms with Gasteiger partial charge in [0, 0.05) is 31.2 Å². The molecule has 1 atom stereocenters. The van der Waals surface area contributed by atoms with Crippen molar-refractivity contribution in [3.05, 3.63) is 34.9 Å². The second-order valence-corrected chi connectivity index (χ2v) is 12.4. The summed E-state index contributed by atoms with van der Waals surface area (Å²) in [6.07, 6.45) is -4.78. The second-order valence-electron chi connectivity index (χ2n) is 10.0. The minimum Gasteiger partial charge on any atom is -0.379 e. The molecule has 0 aliphatic carbocycles. The van der Waals surface area contributed by atoms with Crippen LogP contribution in [-0.4, -0.2) is 104 Å². The first kappa shape index (κ1) is 30.5. The summed E-state index contributed by atoms with van der Waals surface area (Å²) in [4.78, 5) is 43.6. The zero-order chi connectivity index (χ0) is 29.1. The van der Waals surface area contributed by atoms with E-state index in [4.69, 9.17) is 16.3 Å². The van der Waals surface area contributed by atoms with Gasteiger partial charge in [0.2, 0.25) is 10.0 Å². The average molecular weight is 611 g/mol. The molecule has 3 aliphatic rings. The number of rotatable bonds is 9. The summed E-state index contributed by atoms with van der Waals surface area (Å²) in [5, 5.41) is 2.37. The second kappa shape index (κ2) is 12.2. The fraction of sp³-hybridized carbons (Fsp3) is 0.625. The molecule has 11 nitrogen and oxygen atoms in total. The largest absolute Gasteiger partial charge is 0.493 e. The smallest absolute Gasteiger partial charge is 0.379 e. The zero-order valence-electron chi connectivity index (χ0n) is 21.5. The van der Waals surface area contributed by atoms with Gasteiger partial charge < -0.3 is 9.57 Å². The Balaban J connectivity index is 1.53. The topological polar surface area (TPSA) is 126 Å². The molecule has 4 rings (SSSR count). The van der Waals surface area contributed by atoms with Crippen molar-refractivity contribution in [2.75, 3.05) is 51.7 Å². The van der Waals surface area contributed by atoms with Crippen LogP contribution in [0.15, 0.2) is 24.3 Å². The zero-order valence-corrected chi connectivity index (χ0v) is 23.1. The van der Waals surface area contributed by atoms with Crippen LogP contribution in [0.25, 0.3) is 0 Å². The Morgan fingerprint density at radius 2 is 1.73 bits per heavy atom. The molecule has 3 amide bonds. The van der Waals surface area contributed by atoms with Crippen LogP contribution >= 0.6 is 11.6 Å². The van der Waals surface area contributed by atoms with Crippen LogP contribution in [0.4, 0.5) is 18.0 Å². The fourth-order valence-electron chi connectivity index (χ4n) is 5.24. The number of carbonyl (C=O) groups is 3. The molecular weight excluding hydrogens is 581 g/mol. The molecular formula is C24H30ClF3N4O7S. The highest BCUT2D eigenvalue weighted by Gasteiger charge is 2.60. The standard InChI is InChI=1S/C24H30ClF3N4O7S/c25-19-4-2-17(3-5-19)18-6-10-31(11-7-18)40(36,37)16-23(8-1-9-30-12-14-38-15-13-30)20(33)29-22(35)32(23)39-21(34)24(26,27)28/h2-5,18H,1,6-16H2,(H,29,33,35). The predicted molar refractivity (Wildman–Crippen MR) is 136 cm³/mol. The lowest BCUT2D eigenvalue weighted by atomic mass is 9.90. The Hall–Kier alpha value is -2.46. The van der Waals surface area contributed by atoms with E-state index in [0.29, 0.717) is 50.7 Å². The third kappa shape index (κ3) is 6.87. The fourth-order valence-corrected chi connectivity index (χ4v) is 7.31. The van der Waals surface area contributed by atoms with Crippen LogP contribution in [0.3, 0.4) is 0 Å². The van der Waals surface area contributed by atoms with Gasteiger partial charge in [0.25, 0.3) is 5.91 Å². The van der Waals surface area contributed by atoms with Gasteiger partial charge in [0.15, 0.2) is 5.54 Å². The number of hydrogen-bond acceptors (Lipinski definition) is 8. The number of carbonyl (C=O) groups excluding carboxylic acids is 3. The van der Waals surface area contributed by atoms with E-state index in [0.717, 1.165) is 9.87 Å². The van der Waals surface area contributed by atoms with Crippen molar-refractivity contribution in [1.29, 1.82) is 0 Å². The number of amides is 3. The first-order chi connectivity index (χ1) is 18.8. The molecule has 0 radical (unpaired) electrons. The lowest BCUT2D eigenvalue weighted by Crippen LogP contribution is -2.58. The quantitative estimate of drug-likeness (QED) is 0.422. The van der Waals surface area contributed by atoms with Gasteiger partial charge in [0.05, 0.1) is 13.2 Å². The Labute approximate surface area is 234 Å². The van der Waals surface area contributed by atoms with Crippen molar-refractivity contribution in [2.45, 2.75) is 43.3 Å². The summed E-state index contributed by atoms with van der Waals surface area (Å²) in [6, 6.07) is 5.77. The number of sulfonamides is 1. The van der Waals surface area contributed by atoms with Crippen molar-refractivity contribution in [3.8, 4) is 0 Å². The van der Waals surface area contributed by atoms with Crippen molar-refractivity contribution in [3.63, 3.8) is 0 Å². The van der Waals surface area contributed by atoms with Gasteiger partial charge in [-0.3, -0.25) is 15.0 Å². The van der Waals surface area contributed by atoms with Gasteiger partial charge in [-0.15, -0.1) is 5.06 Å². The molecule has 3 aliphatic heterocycles. The molecule has 3 heterocycles. The van der Waals surface area contributed by atoms with Crippen LogP contribution in [0.1, 0.15) is 37.2 Å². The van der Waals surface area contributed by atoms with Crippen molar-refractivity contribution < 1.29 is 45.5 Å². The van der Waals surface area contributed by atoms with E-state index in [9.17, 15) is 36.0 Å². The molecule has 1 aromatic carbocycles. The molecule has 0 spiro atoms. The van der Waals surface area contributed by atoms with Crippen LogP contribution in [0, 0.1) is 0 Å². The van der Waals surface area contributed by atoms with Crippen LogP contribution in [0.2, 0.25) is 5.02 Å². The highest BCUT2D eigenvalue weighted by Crippen LogP contribution is 2.35. The van der Waals surface area contributed by atoms with Crippen molar-refractivity contribution in [1.82, 2.24) is 19.6 Å². The molecule has 222 valence electrons. The van der Waals surface area contributed by atoms with Gasteiger partial charge in [0.1, 0.15) is 5.75 Å². The third-order valence-corrected chi connectivity index (χ3v) is 9.65. The Morgan fingerprint density at radius 1 is 1.10 bits per heavy atom. The Bertz CT molecular complexity index is 1200. The lowest BCUT2D eigenvalue weighted by Gasteiger charge is -2.37. The minimum atomic E-state index is -5.48. The highest BCUT2D eigenvalue weighted by atomic mass is 35.5. The lowest BCUT2D eigenvalue weighted by molar-refractivity contribution is -0.237. The number of piperidine rings is 1. The summed E-state index contributed by atoms with van der Waals surface area (Å²) in [5.74, 6) is -4.87. The number of ether oxygens (including phenoxy) is 1. The summed E-state index contributed by atoms with van der Waals surface area (Å²) in [7, 11) is -4.30. The number of alkyl halides is 3. The average Bonchev–Trinajstić information content (AvgIpc) is 3.12. The summed E-state index contributed by atoms with van der Waals surface area (Å²) in [6.45, 7) is 2.64. The van der Waals surface area contributed by atoms with Gasteiger partial charge in [-0.25, -0.2) is 22.3 Å². The van der Waals surface area contributed by atoms with Crippen LogP contribution < -0.4 is 5.32 Å². The molecule has 3 saturated heterocycles. The van der Waals surface area contributed by atoms with Crippen LogP contribution in [-0.2, 0) is 29.2 Å². The maximum Gasteiger partial charge on any atom is 0.493 e. The van der Waals surface area contributed by atoms with E-state index < -0.39 is 45.4 Å². The summed E-state index contributed by atoms with van der Waals surface area (Å²) >= 11 is 5.95. The van der Waals surface area contributed by atoms with E-state index in [2.05, 4.69) is 4.84 Å². The monoisotopic (exact) mass is 610 g/mol. The van der Waals surface area contributed by atoms with E-state index >= 15 is 0 Å². The van der Waals surface area contributed by atoms with Gasteiger partial charge >= 0.3 is 18.2 Å². The molecule has 1 unspecified atom stereocenters. The van der Waals surface area contributed by atoms with E-state index in [-0.39, 0.29) is 36.9 Å². The number of hydroxylamine groups is 2. The van der Waals surface area contributed by atoms with Gasteiger partial charge in [-0.1, -0.05) is 23.7 Å². The first-order valence-corrected chi connectivity index (χ1v) is 14.8. The number of benzene rings is 1. The molecule has 0 saturated carbocycles. The van der Waals surface area contributed by atoms with Gasteiger partial charge in [-0.2, -0.15) is 13.2 Å². The molecule has 1 N–H and O–H groups in total. The molecule has 16 heteroatoms. The Kier molecular flexibility index (Phi) is 9.29. The number of nitrogens with one attached hydrogen (secondary N) is 1. The van der Waals surface area contributed by atoms with E-state index in [1.165, 1.54) is 0 Å². The van der Waals surface area contributed by atoms with Crippen LogP contribution in [0.5, 0.6) is 0 Å². The predicted octanol–water partition coefficient (Wildman–Crippen LogP) is 2.27. The minimum absolute atomic E-state index is 0.0392. The molecule has 1 aromatic rings. The molecule has 40 heavy (non-hydrogen) atoms. The maximum atomic E-state index is 13.6. The summed E-state index contributed by atoms with van der Waals surface area (Å²) < 4.78 is 72.7. The number of imide groups is 1. The highest BCUT2D eigenvalue weighted by molar-refractivity contribution is 7.89. The number of halogens is 4. The maximum absolute atomic E-state index is 13.6. The normalized spacial score (nSPS) is 23.9. The SMILES string of the molecule is O=C1NC(=O)C(CCCN2CCOCC2)(CS(=O)(=O)N2CCC(c3ccc(Cl)cc3)CC2)N1OC(=O)C(F)(F)F. The van der Waals surface area contributed by atoms with Crippen molar-refractivity contribution >= 4 is 39.5 Å². The third-order valence-electron chi connectivity index (χ3n) is 7.40. The van der Waals surface area contributed by atoms with E-state index in [1.54, 1.807) is 12.1 Å². The molecule has 0 bridgehead atoms. The number of morpholine rings is 1.